The van der Waals surface area contributed by atoms with Gasteiger partial charge in [0.05, 0.1) is 13.7 Å². The van der Waals surface area contributed by atoms with E-state index in [-0.39, 0.29) is 42.9 Å². The molecule has 1 heterocycles. The molecule has 1 aromatic rings. The lowest BCUT2D eigenvalue weighted by molar-refractivity contribution is 0.0500. The molecule has 0 radical (unpaired) electrons. The smallest absolute Gasteiger partial charge is 0.254 e. The highest BCUT2D eigenvalue weighted by Crippen LogP contribution is 2.30. The number of nitrogens with zero attached hydrogens (tertiary/aromatic N) is 1. The van der Waals surface area contributed by atoms with Crippen LogP contribution in [0.25, 0.3) is 0 Å². The van der Waals surface area contributed by atoms with Gasteiger partial charge in [0.15, 0.2) is 11.5 Å². The second kappa shape index (κ2) is 12.9. The van der Waals surface area contributed by atoms with Crippen LogP contribution < -0.4 is 14.8 Å². The Labute approximate surface area is 180 Å². The third kappa shape index (κ3) is 7.03. The van der Waals surface area contributed by atoms with Gasteiger partial charge >= 0.3 is 0 Å². The van der Waals surface area contributed by atoms with Gasteiger partial charge < -0.3 is 29.5 Å². The van der Waals surface area contributed by atoms with Gasteiger partial charge in [-0.15, -0.1) is 12.4 Å². The summed E-state index contributed by atoms with van der Waals surface area (Å²) in [6, 6.07) is 5.39. The molecule has 8 heteroatoms. The number of benzene rings is 1. The van der Waals surface area contributed by atoms with Crippen LogP contribution in [0, 0.1) is 5.92 Å². The number of piperidine rings is 1. The minimum Gasteiger partial charge on any atom is -0.493 e. The van der Waals surface area contributed by atoms with Crippen LogP contribution in [0.1, 0.15) is 37.0 Å². The second-order valence-corrected chi connectivity index (χ2v) is 7.46. The Hall–Kier alpha value is -1.54. The number of rotatable bonds is 10. The van der Waals surface area contributed by atoms with E-state index in [4.69, 9.17) is 14.2 Å². The van der Waals surface area contributed by atoms with Gasteiger partial charge in [-0.05, 0) is 44.4 Å². The van der Waals surface area contributed by atoms with Crippen LogP contribution in [0.4, 0.5) is 0 Å². The van der Waals surface area contributed by atoms with E-state index < -0.39 is 0 Å². The summed E-state index contributed by atoms with van der Waals surface area (Å²) >= 11 is 0. The Morgan fingerprint density at radius 2 is 2.00 bits per heavy atom. The zero-order chi connectivity index (χ0) is 20.5. The molecule has 1 aliphatic rings. The molecular weight excluding hydrogens is 396 g/mol. The van der Waals surface area contributed by atoms with Crippen LogP contribution in [0.15, 0.2) is 18.2 Å². The minimum absolute atomic E-state index is 0. The van der Waals surface area contributed by atoms with Crippen LogP contribution in [0.3, 0.4) is 0 Å². The monoisotopic (exact) mass is 430 g/mol. The number of hydrogen-bond acceptors (Lipinski definition) is 6. The molecule has 2 rings (SSSR count). The summed E-state index contributed by atoms with van der Waals surface area (Å²) in [4.78, 5) is 15.2. The fourth-order valence-corrected chi connectivity index (χ4v) is 3.64. The van der Waals surface area contributed by atoms with E-state index in [1.165, 1.54) is 0 Å². The van der Waals surface area contributed by atoms with Crippen molar-refractivity contribution in [2.45, 2.75) is 38.8 Å². The van der Waals surface area contributed by atoms with Gasteiger partial charge in [-0.25, -0.2) is 0 Å². The lowest BCUT2D eigenvalue weighted by atomic mass is 9.94. The molecular formula is C21H35ClN2O5. The van der Waals surface area contributed by atoms with E-state index in [1.807, 2.05) is 18.7 Å². The topological polar surface area (TPSA) is 80.3 Å². The number of carbonyl (C=O) groups is 1. The first-order chi connectivity index (χ1) is 13.5. The Bertz CT molecular complexity index is 629. The highest BCUT2D eigenvalue weighted by atomic mass is 35.5. The van der Waals surface area contributed by atoms with Gasteiger partial charge in [-0.3, -0.25) is 4.79 Å². The summed E-state index contributed by atoms with van der Waals surface area (Å²) in [6.07, 6.45) is 1.55. The lowest BCUT2D eigenvalue weighted by Crippen LogP contribution is -2.54. The number of methoxy groups -OCH3 is 2. The summed E-state index contributed by atoms with van der Waals surface area (Å²) in [5, 5.41) is 12.9. The third-order valence-electron chi connectivity index (χ3n) is 5.02. The van der Waals surface area contributed by atoms with Gasteiger partial charge in [-0.1, -0.05) is 0 Å². The van der Waals surface area contributed by atoms with E-state index in [9.17, 15) is 9.90 Å². The summed E-state index contributed by atoms with van der Waals surface area (Å²) in [6.45, 7) is 6.79. The first-order valence-corrected chi connectivity index (χ1v) is 9.95. The molecule has 2 atom stereocenters. The fourth-order valence-electron chi connectivity index (χ4n) is 3.64. The average molecular weight is 431 g/mol. The van der Waals surface area contributed by atoms with E-state index in [0.29, 0.717) is 30.3 Å². The summed E-state index contributed by atoms with van der Waals surface area (Å²) in [5.74, 6) is 1.29. The van der Waals surface area contributed by atoms with E-state index in [2.05, 4.69) is 5.32 Å². The minimum atomic E-state index is -0.0372. The second-order valence-electron chi connectivity index (χ2n) is 7.46. The average Bonchev–Trinajstić information content (AvgIpc) is 2.71. The van der Waals surface area contributed by atoms with Gasteiger partial charge in [0.1, 0.15) is 0 Å². The SMILES string of the molecule is COCCCOc1cc(C(=O)N(C(C)C)[C@H]2CNC[C@@H](CO)C2)ccc1OC.Cl. The van der Waals surface area contributed by atoms with Crippen LogP contribution in [0.5, 0.6) is 11.5 Å². The third-order valence-corrected chi connectivity index (χ3v) is 5.02. The van der Waals surface area contributed by atoms with Crippen molar-refractivity contribution < 1.29 is 24.1 Å². The molecule has 166 valence electrons. The van der Waals surface area contributed by atoms with Crippen molar-refractivity contribution in [3.63, 3.8) is 0 Å². The maximum atomic E-state index is 13.3. The maximum Gasteiger partial charge on any atom is 0.254 e. The quantitative estimate of drug-likeness (QED) is 0.555. The number of hydrogen-bond donors (Lipinski definition) is 2. The standard InChI is InChI=1S/C21H34N2O5.ClH/c1-15(2)23(18-10-16(14-24)12-22-13-18)21(25)17-6-7-19(27-4)20(11-17)28-9-5-8-26-3;/h6-7,11,15-16,18,22,24H,5,8-10,12-14H2,1-4H3;1H/t16-,18+;/m0./s1. The van der Waals surface area contributed by atoms with Crippen LogP contribution in [-0.2, 0) is 4.74 Å². The highest BCUT2D eigenvalue weighted by Gasteiger charge is 2.32. The zero-order valence-corrected chi connectivity index (χ0v) is 18.7. The van der Waals surface area contributed by atoms with Crippen molar-refractivity contribution in [2.24, 2.45) is 5.92 Å². The fraction of sp³-hybridized carbons (Fsp3) is 0.667. The summed E-state index contributed by atoms with van der Waals surface area (Å²) in [5.41, 5.74) is 0.572. The van der Waals surface area contributed by atoms with Crippen molar-refractivity contribution in [1.29, 1.82) is 0 Å². The number of halogens is 1. The largest absolute Gasteiger partial charge is 0.493 e. The van der Waals surface area contributed by atoms with Crippen molar-refractivity contribution in [3.05, 3.63) is 23.8 Å². The maximum absolute atomic E-state index is 13.3. The van der Waals surface area contributed by atoms with Crippen LogP contribution in [0.2, 0.25) is 0 Å². The van der Waals surface area contributed by atoms with E-state index in [1.54, 1.807) is 32.4 Å². The first kappa shape index (κ1) is 25.5. The molecule has 1 aliphatic heterocycles. The molecule has 1 amide bonds. The Balaban J connectivity index is 0.00000420. The number of amides is 1. The Morgan fingerprint density at radius 1 is 1.24 bits per heavy atom. The lowest BCUT2D eigenvalue weighted by Gasteiger charge is -2.40. The first-order valence-electron chi connectivity index (χ1n) is 9.95. The van der Waals surface area contributed by atoms with Gasteiger partial charge in [-0.2, -0.15) is 0 Å². The number of nitrogens with one attached hydrogen (secondary N) is 1. The number of aliphatic hydroxyl groups is 1. The molecule has 0 aromatic heterocycles. The molecule has 2 N–H and O–H groups in total. The molecule has 0 bridgehead atoms. The molecule has 0 saturated carbocycles. The van der Waals surface area contributed by atoms with Gasteiger partial charge in [0, 0.05) is 57.5 Å². The Kier molecular flexibility index (Phi) is 11.3. The predicted octanol–water partition coefficient (Wildman–Crippen LogP) is 2.35. The van der Waals surface area contributed by atoms with Crippen LogP contribution in [-0.4, -0.2) is 75.1 Å². The van der Waals surface area contributed by atoms with Gasteiger partial charge in [0.25, 0.3) is 5.91 Å². The molecule has 1 aromatic carbocycles. The molecule has 0 spiro atoms. The summed E-state index contributed by atoms with van der Waals surface area (Å²) in [7, 11) is 3.24. The molecule has 1 fully saturated rings. The van der Waals surface area contributed by atoms with Gasteiger partial charge in [0.2, 0.25) is 0 Å². The van der Waals surface area contributed by atoms with Crippen molar-refractivity contribution >= 4 is 18.3 Å². The molecule has 7 nitrogen and oxygen atoms in total. The number of aliphatic hydroxyl groups excluding tert-OH is 1. The van der Waals surface area contributed by atoms with Crippen molar-refractivity contribution in [2.75, 3.05) is 47.1 Å². The molecule has 29 heavy (non-hydrogen) atoms. The molecule has 1 saturated heterocycles. The van der Waals surface area contributed by atoms with E-state index >= 15 is 0 Å². The van der Waals surface area contributed by atoms with Crippen LogP contribution >= 0.6 is 12.4 Å². The number of ether oxygens (including phenoxy) is 3. The molecule has 0 unspecified atom stereocenters. The van der Waals surface area contributed by atoms with Crippen molar-refractivity contribution in [3.8, 4) is 11.5 Å². The predicted molar refractivity (Wildman–Crippen MR) is 115 cm³/mol. The zero-order valence-electron chi connectivity index (χ0n) is 17.8. The normalized spacial score (nSPS) is 18.8. The number of carbonyl (C=O) groups excluding carboxylic acids is 1. The van der Waals surface area contributed by atoms with Crippen molar-refractivity contribution in [1.82, 2.24) is 10.2 Å². The summed E-state index contributed by atoms with van der Waals surface area (Å²) < 4.78 is 16.2. The highest BCUT2D eigenvalue weighted by molar-refractivity contribution is 5.95. The Morgan fingerprint density at radius 3 is 2.62 bits per heavy atom. The van der Waals surface area contributed by atoms with E-state index in [0.717, 1.165) is 25.9 Å². The molecule has 0 aliphatic carbocycles.